The summed E-state index contributed by atoms with van der Waals surface area (Å²) in [5, 5.41) is 4.18. The Hall–Kier alpha value is -0.0900. The van der Waals surface area contributed by atoms with Gasteiger partial charge in [-0.2, -0.15) is 0 Å². The van der Waals surface area contributed by atoms with Gasteiger partial charge < -0.3 is 10.1 Å². The Labute approximate surface area is 117 Å². The Kier molecular flexibility index (Phi) is 3.68. The quantitative estimate of drug-likeness (QED) is 0.813. The Morgan fingerprint density at radius 3 is 2.39 bits per heavy atom. The first-order chi connectivity index (χ1) is 8.76. The first-order valence-electron chi connectivity index (χ1n) is 7.21. The van der Waals surface area contributed by atoms with Gasteiger partial charge in [-0.05, 0) is 37.5 Å². The van der Waals surface area contributed by atoms with E-state index in [1.54, 1.807) is 0 Å². The van der Waals surface area contributed by atoms with Crippen LogP contribution in [0.25, 0.3) is 0 Å². The largest absolute Gasteiger partial charge is 0.381 e. The van der Waals surface area contributed by atoms with Crippen LogP contribution in [0, 0.1) is 17.8 Å². The van der Waals surface area contributed by atoms with E-state index < -0.39 is 0 Å². The number of rotatable bonds is 3. The second-order valence-corrected chi connectivity index (χ2v) is 6.71. The third kappa shape index (κ3) is 2.34. The van der Waals surface area contributed by atoms with Crippen molar-refractivity contribution in [2.75, 3.05) is 18.5 Å². The zero-order valence-electron chi connectivity index (χ0n) is 10.8. The molecule has 1 heterocycles. The summed E-state index contributed by atoms with van der Waals surface area (Å²) in [6.07, 6.45) is 7.06. The molecule has 0 aromatic carbocycles. The number of halogens is 1. The number of nitrogens with one attached hydrogen (secondary N) is 1. The molecule has 3 aliphatic rings. The molecule has 2 saturated carbocycles. The smallest absolute Gasteiger partial charge is 0.224 e. The molecule has 2 atom stereocenters. The summed E-state index contributed by atoms with van der Waals surface area (Å²) in [6, 6.07) is 0. The van der Waals surface area contributed by atoms with E-state index in [1.165, 1.54) is 25.7 Å². The van der Waals surface area contributed by atoms with Gasteiger partial charge in [-0.15, -0.1) is 0 Å². The van der Waals surface area contributed by atoms with Crippen molar-refractivity contribution < 1.29 is 9.53 Å². The van der Waals surface area contributed by atoms with Gasteiger partial charge in [0.05, 0.1) is 5.54 Å². The molecule has 1 N–H and O–H groups in total. The number of fused-ring (bicyclic) bond motifs is 1. The summed E-state index contributed by atoms with van der Waals surface area (Å²) < 4.78 is 5.41. The molecule has 0 radical (unpaired) electrons. The zero-order chi connectivity index (χ0) is 12.6. The average Bonchev–Trinajstić information content (AvgIpc) is 3.14. The summed E-state index contributed by atoms with van der Waals surface area (Å²) in [4.78, 5) is 12.4. The summed E-state index contributed by atoms with van der Waals surface area (Å²) in [5.41, 5.74) is -0.0545. The van der Waals surface area contributed by atoms with E-state index in [-0.39, 0.29) is 5.54 Å². The number of hydrogen-bond donors (Lipinski definition) is 1. The molecule has 1 amide bonds. The van der Waals surface area contributed by atoms with E-state index >= 15 is 0 Å². The lowest BCUT2D eigenvalue weighted by molar-refractivity contribution is -0.125. The predicted molar refractivity (Wildman–Crippen MR) is 73.7 cm³/mol. The minimum Gasteiger partial charge on any atom is -0.381 e. The van der Waals surface area contributed by atoms with Crippen LogP contribution in [0.2, 0.25) is 0 Å². The van der Waals surface area contributed by atoms with Crippen LogP contribution >= 0.6 is 15.9 Å². The molecule has 102 valence electrons. The maximum atomic E-state index is 12.4. The van der Waals surface area contributed by atoms with Crippen molar-refractivity contribution in [3.63, 3.8) is 0 Å². The lowest BCUT2D eigenvalue weighted by Gasteiger charge is -2.36. The number of alkyl halides is 1. The van der Waals surface area contributed by atoms with Crippen molar-refractivity contribution in [2.45, 2.75) is 44.1 Å². The lowest BCUT2D eigenvalue weighted by atomic mass is 9.92. The van der Waals surface area contributed by atoms with E-state index in [9.17, 15) is 4.79 Å². The summed E-state index contributed by atoms with van der Waals surface area (Å²) >= 11 is 3.57. The highest BCUT2D eigenvalue weighted by molar-refractivity contribution is 9.09. The fourth-order valence-corrected chi connectivity index (χ4v) is 4.48. The summed E-state index contributed by atoms with van der Waals surface area (Å²) in [6.45, 7) is 1.53. The van der Waals surface area contributed by atoms with Crippen molar-refractivity contribution in [1.82, 2.24) is 5.32 Å². The fraction of sp³-hybridized carbons (Fsp3) is 0.929. The number of hydrogen-bond acceptors (Lipinski definition) is 2. The maximum absolute atomic E-state index is 12.4. The molecule has 3 fully saturated rings. The molecule has 3 nitrogen and oxygen atoms in total. The zero-order valence-corrected chi connectivity index (χ0v) is 12.4. The highest BCUT2D eigenvalue weighted by Crippen LogP contribution is 2.55. The van der Waals surface area contributed by atoms with Crippen molar-refractivity contribution in [2.24, 2.45) is 17.8 Å². The van der Waals surface area contributed by atoms with Crippen LogP contribution in [0.15, 0.2) is 0 Å². The molecular formula is C14H22BrNO2. The molecule has 4 heteroatoms. The van der Waals surface area contributed by atoms with E-state index in [4.69, 9.17) is 4.74 Å². The molecule has 0 spiro atoms. The summed E-state index contributed by atoms with van der Waals surface area (Å²) in [7, 11) is 0. The maximum Gasteiger partial charge on any atom is 0.224 e. The van der Waals surface area contributed by atoms with Crippen LogP contribution < -0.4 is 5.32 Å². The molecule has 1 aliphatic heterocycles. The van der Waals surface area contributed by atoms with E-state index in [0.29, 0.717) is 23.7 Å². The van der Waals surface area contributed by atoms with E-state index in [2.05, 4.69) is 21.2 Å². The normalized spacial score (nSPS) is 37.7. The molecule has 1 saturated heterocycles. The topological polar surface area (TPSA) is 38.3 Å². The van der Waals surface area contributed by atoms with Crippen molar-refractivity contribution in [3.05, 3.63) is 0 Å². The molecule has 2 unspecified atom stereocenters. The van der Waals surface area contributed by atoms with Crippen LogP contribution in [0.4, 0.5) is 0 Å². The van der Waals surface area contributed by atoms with Crippen LogP contribution in [0.3, 0.4) is 0 Å². The first kappa shape index (κ1) is 12.9. The minimum atomic E-state index is -0.0545. The highest BCUT2D eigenvalue weighted by Gasteiger charge is 2.55. The van der Waals surface area contributed by atoms with Gasteiger partial charge in [-0.1, -0.05) is 28.8 Å². The Morgan fingerprint density at radius 2 is 1.83 bits per heavy atom. The molecule has 0 aromatic rings. The van der Waals surface area contributed by atoms with Gasteiger partial charge in [0.15, 0.2) is 0 Å². The number of ether oxygens (including phenoxy) is 1. The van der Waals surface area contributed by atoms with Crippen LogP contribution in [0.5, 0.6) is 0 Å². The number of amides is 1. The van der Waals surface area contributed by atoms with Gasteiger partial charge in [0, 0.05) is 24.5 Å². The fourth-order valence-electron chi connectivity index (χ4n) is 3.78. The molecule has 3 rings (SSSR count). The molecule has 2 aliphatic carbocycles. The molecule has 18 heavy (non-hydrogen) atoms. The van der Waals surface area contributed by atoms with Gasteiger partial charge in [-0.3, -0.25) is 4.79 Å². The van der Waals surface area contributed by atoms with Gasteiger partial charge in [0.25, 0.3) is 0 Å². The standard InChI is InChI=1S/C14H22BrNO2/c15-9-14(5-7-18-8-6-14)16-13(17)12-10-3-1-2-4-11(10)12/h10-12H,1-9H2,(H,16,17). The molecule has 0 bridgehead atoms. The Bertz CT molecular complexity index is 316. The van der Waals surface area contributed by atoms with Crippen molar-refractivity contribution >= 4 is 21.8 Å². The van der Waals surface area contributed by atoms with Gasteiger partial charge >= 0.3 is 0 Å². The van der Waals surface area contributed by atoms with E-state index in [1.807, 2.05) is 0 Å². The number of carbonyl (C=O) groups excluding carboxylic acids is 1. The highest BCUT2D eigenvalue weighted by atomic mass is 79.9. The molecule has 0 aromatic heterocycles. The predicted octanol–water partition coefficient (Wildman–Crippen LogP) is 2.48. The van der Waals surface area contributed by atoms with Gasteiger partial charge in [0.2, 0.25) is 5.91 Å². The van der Waals surface area contributed by atoms with Gasteiger partial charge in [0.1, 0.15) is 0 Å². The second kappa shape index (κ2) is 5.12. The van der Waals surface area contributed by atoms with Crippen LogP contribution in [-0.2, 0) is 9.53 Å². The van der Waals surface area contributed by atoms with Crippen LogP contribution in [-0.4, -0.2) is 30.0 Å². The minimum absolute atomic E-state index is 0.0545. The second-order valence-electron chi connectivity index (χ2n) is 6.15. The summed E-state index contributed by atoms with van der Waals surface area (Å²) in [5.74, 6) is 2.04. The van der Waals surface area contributed by atoms with Crippen molar-refractivity contribution in [1.29, 1.82) is 0 Å². The monoisotopic (exact) mass is 315 g/mol. The van der Waals surface area contributed by atoms with Gasteiger partial charge in [-0.25, -0.2) is 0 Å². The van der Waals surface area contributed by atoms with E-state index in [0.717, 1.165) is 31.4 Å². The average molecular weight is 316 g/mol. The molecular weight excluding hydrogens is 294 g/mol. The lowest BCUT2D eigenvalue weighted by Crippen LogP contribution is -2.54. The first-order valence-corrected chi connectivity index (χ1v) is 8.34. The Balaban J connectivity index is 1.60. The number of carbonyl (C=O) groups is 1. The Morgan fingerprint density at radius 1 is 1.22 bits per heavy atom. The van der Waals surface area contributed by atoms with Crippen LogP contribution in [0.1, 0.15) is 38.5 Å². The third-order valence-corrected chi connectivity index (χ3v) is 6.13. The van der Waals surface area contributed by atoms with Crippen molar-refractivity contribution in [3.8, 4) is 0 Å². The third-order valence-electron chi connectivity index (χ3n) is 5.05. The SMILES string of the molecule is O=C(NC1(CBr)CCOCC1)C1C2CCCCC21.